The van der Waals surface area contributed by atoms with E-state index in [-0.39, 0.29) is 103 Å². The molecule has 0 saturated carbocycles. The largest absolute Gasteiger partial charge is 0.387 e. The molecule has 1 saturated heterocycles. The molecular weight excluding hydrogens is 1780 g/mol. The zero-order chi connectivity index (χ0) is 82.8. The molecule has 3 atom stereocenters. The fourth-order valence-electron chi connectivity index (χ4n) is 11.6. The predicted molar refractivity (Wildman–Crippen MR) is 478 cm³/mol. The highest BCUT2D eigenvalue weighted by Gasteiger charge is 2.24. The second kappa shape index (κ2) is 44.6. The molecule has 0 radical (unpaired) electrons. The number of nitrogens with one attached hydrogen (secondary N) is 1. The van der Waals surface area contributed by atoms with Crippen LogP contribution in [0.5, 0.6) is 0 Å². The molecular formula is C81H79BrCl7N27O6. The third kappa shape index (κ3) is 23.8. The van der Waals surface area contributed by atoms with Crippen LogP contribution in [-0.4, -0.2) is 176 Å². The van der Waals surface area contributed by atoms with Gasteiger partial charge in [-0.15, -0.1) is 0 Å². The Balaban J connectivity index is 0.000000171. The van der Waals surface area contributed by atoms with Crippen molar-refractivity contribution in [2.45, 2.75) is 74.2 Å². The van der Waals surface area contributed by atoms with Gasteiger partial charge in [-0.1, -0.05) is 232 Å². The number of alkyl halides is 1. The van der Waals surface area contributed by atoms with Crippen LogP contribution in [0.1, 0.15) is 85.4 Å². The molecule has 1 fully saturated rings. The first-order valence-corrected chi connectivity index (χ1v) is 39.1. The van der Waals surface area contributed by atoms with Gasteiger partial charge in [-0.2, -0.15) is 24.9 Å². The summed E-state index contributed by atoms with van der Waals surface area (Å²) in [5.74, 6) is 1.02. The quantitative estimate of drug-likeness (QED) is 0.0213. The Kier molecular flexibility index (Phi) is 34.3. The number of carbonyl (C=O) groups excluding carboxylic acids is 2. The van der Waals surface area contributed by atoms with Crippen LogP contribution in [0.2, 0.25) is 36.6 Å². The molecule has 0 bridgehead atoms. The molecule has 5 aromatic carbocycles. The average molecular weight is 1850 g/mol. The maximum atomic E-state index is 12.2. The van der Waals surface area contributed by atoms with E-state index >= 15 is 0 Å². The molecule has 0 aliphatic carbocycles. The van der Waals surface area contributed by atoms with E-state index in [0.717, 1.165) is 22.3 Å². The molecule has 41 heteroatoms. The Morgan fingerprint density at radius 2 is 0.770 bits per heavy atom. The summed E-state index contributed by atoms with van der Waals surface area (Å²) in [5.41, 5.74) is 22.7. The van der Waals surface area contributed by atoms with E-state index in [2.05, 4.69) is 111 Å². The third-order valence-corrected chi connectivity index (χ3v) is 19.4. The standard InChI is InChI=1S/C21H22N8O2.C17H14ClN7O.C13H10Cl2N4O.C13H8Cl2N4O.C8H7BrO.C5H2Cl2N4.4CH4/c22-20-23-10-15(11-24-20)17-18-19(27-21(26-17)28-6-8-31-9-7-28)29(13-25-18)12-16(30)14-4-2-1-3-5-14;18-16-23-13(11-6-20-17(19)21-7-11)14-15(24-16)25(9-22-14)8-12(26)10-4-2-1-3-5-10;2*14-11-10-12(18-13(15)17-11)19(7-16-10)6-9(20)8-4-2-1-3-5-8;9-6-8(10)7-4-2-1-3-5-7;6-3-2-4(9-1-8-2)11-5(7)10-3;;;;/h1-5,10-11,13,16,30H,6-9,12H2,(H2,22,23,24);1-7,9,12,26H,8H2,(H2,19,20,21);1-5,7,9,20H,6H2;1-5,7H,6H2;1-5H,6H2;1H,(H,8,9,10,11);4*1H4. The molecule has 18 rings (SSSR count). The molecule has 0 amide bonds. The number of aliphatic hydroxyl groups excluding tert-OH is 3. The van der Waals surface area contributed by atoms with Gasteiger partial charge in [0.25, 0.3) is 0 Å². The molecule has 3 unspecified atom stereocenters. The summed E-state index contributed by atoms with van der Waals surface area (Å²) in [4.78, 5) is 107. The summed E-state index contributed by atoms with van der Waals surface area (Å²) in [6, 6.07) is 46.5. The molecule has 13 heterocycles. The number of nitrogens with two attached hydrogens (primary N) is 2. The topological polar surface area (TPSA) is 440 Å². The highest BCUT2D eigenvalue weighted by atomic mass is 79.9. The number of morpholine rings is 1. The third-order valence-electron chi connectivity index (χ3n) is 17.4. The highest BCUT2D eigenvalue weighted by molar-refractivity contribution is 9.09. The van der Waals surface area contributed by atoms with Gasteiger partial charge in [-0.05, 0) is 63.1 Å². The SMILES string of the molecule is C.C.C.C.Clc1nc(Cl)c2[nH]cnc2n1.Nc1ncc(-c2nc(Cl)nc3c2ncn3CC(O)c2ccccc2)cn1.Nc1ncc(-c2nc(N3CCOCC3)nc3c2ncn3CC(O)c2ccccc2)cn1.O=C(CBr)c1ccccc1.O=C(Cn1cnc2c(Cl)nc(Cl)nc21)c1ccccc1.OC(Cn1cnc2c(Cl)nc(Cl)nc21)c1ccccc1. The highest BCUT2D eigenvalue weighted by Crippen LogP contribution is 2.32. The number of ketones is 2. The van der Waals surface area contributed by atoms with Gasteiger partial charge in [-0.25, -0.2) is 69.8 Å². The van der Waals surface area contributed by atoms with Crippen molar-refractivity contribution >= 4 is 182 Å². The van der Waals surface area contributed by atoms with Crippen LogP contribution >= 0.6 is 97.1 Å². The lowest BCUT2D eigenvalue weighted by molar-refractivity contribution is 0.0971. The maximum Gasteiger partial charge on any atom is 0.228 e. The molecule has 17 aromatic rings. The van der Waals surface area contributed by atoms with Crippen LogP contribution in [0.3, 0.4) is 0 Å². The smallest absolute Gasteiger partial charge is 0.228 e. The Morgan fingerprint density at radius 3 is 1.20 bits per heavy atom. The van der Waals surface area contributed by atoms with Gasteiger partial charge in [0, 0.05) is 60.1 Å². The van der Waals surface area contributed by atoms with Crippen molar-refractivity contribution in [3.8, 4) is 22.5 Å². The molecule has 33 nitrogen and oxygen atoms in total. The second-order valence-corrected chi connectivity index (χ2v) is 28.2. The summed E-state index contributed by atoms with van der Waals surface area (Å²) in [7, 11) is 0. The number of hydrogen-bond donors (Lipinski definition) is 6. The lowest BCUT2D eigenvalue weighted by Crippen LogP contribution is -2.37. The number of anilines is 3. The number of imidazole rings is 5. The normalized spacial score (nSPS) is 12.1. The van der Waals surface area contributed by atoms with Gasteiger partial charge in [-0.3, -0.25) is 9.59 Å². The van der Waals surface area contributed by atoms with E-state index in [1.165, 1.54) is 12.7 Å². The van der Waals surface area contributed by atoms with Crippen molar-refractivity contribution in [2.24, 2.45) is 0 Å². The number of halogens is 8. The van der Waals surface area contributed by atoms with Crippen LogP contribution < -0.4 is 16.4 Å². The first-order valence-electron chi connectivity index (χ1n) is 35.3. The molecule has 1 aliphatic rings. The van der Waals surface area contributed by atoms with E-state index in [0.29, 0.717) is 135 Å². The summed E-state index contributed by atoms with van der Waals surface area (Å²) >= 11 is 43.9. The van der Waals surface area contributed by atoms with Crippen LogP contribution in [0.4, 0.5) is 17.8 Å². The Morgan fingerprint density at radius 1 is 0.418 bits per heavy atom. The lowest BCUT2D eigenvalue weighted by atomic mass is 10.1. The second-order valence-electron chi connectivity index (χ2n) is 25.2. The van der Waals surface area contributed by atoms with Crippen LogP contribution in [0.25, 0.3) is 78.3 Å². The lowest BCUT2D eigenvalue weighted by Gasteiger charge is -2.27. The minimum atomic E-state index is -0.703. The number of ether oxygens (including phenoxy) is 1. The van der Waals surface area contributed by atoms with E-state index in [9.17, 15) is 24.9 Å². The Bertz CT molecular complexity index is 6250. The number of aliphatic hydroxyl groups is 3. The monoisotopic (exact) mass is 1850 g/mol. The zero-order valence-corrected chi connectivity index (χ0v) is 68.1. The van der Waals surface area contributed by atoms with E-state index in [4.69, 9.17) is 107 Å². The van der Waals surface area contributed by atoms with Gasteiger partial charge in [0.05, 0.1) is 94.7 Å². The fourth-order valence-corrected chi connectivity index (χ4v) is 13.4. The van der Waals surface area contributed by atoms with Crippen molar-refractivity contribution in [2.75, 3.05) is 48.0 Å². The Labute approximate surface area is 741 Å². The number of benzene rings is 5. The zero-order valence-electron chi connectivity index (χ0n) is 61.2. The average Bonchev–Trinajstić information content (AvgIpc) is 1.59. The van der Waals surface area contributed by atoms with Crippen molar-refractivity contribution < 1.29 is 29.6 Å². The van der Waals surface area contributed by atoms with Crippen molar-refractivity contribution in [3.05, 3.63) is 272 Å². The number of rotatable bonds is 17. The number of aromatic amines is 1. The molecule has 0 spiro atoms. The first kappa shape index (κ1) is 94.0. The molecule has 1 aliphatic heterocycles. The molecule has 122 heavy (non-hydrogen) atoms. The maximum absolute atomic E-state index is 12.2. The van der Waals surface area contributed by atoms with Crippen molar-refractivity contribution in [1.29, 1.82) is 0 Å². The summed E-state index contributed by atoms with van der Waals surface area (Å²) in [6.45, 7) is 3.66. The number of aromatic nitrogens is 24. The number of carbonyl (C=O) groups is 2. The van der Waals surface area contributed by atoms with Gasteiger partial charge >= 0.3 is 0 Å². The summed E-state index contributed by atoms with van der Waals surface area (Å²) in [6.07, 6.45) is 12.1. The summed E-state index contributed by atoms with van der Waals surface area (Å²) < 4.78 is 12.4. The van der Waals surface area contributed by atoms with E-state index < -0.39 is 18.3 Å². The molecule has 630 valence electrons. The molecule has 8 N–H and O–H groups in total. The van der Waals surface area contributed by atoms with Crippen LogP contribution in [0, 0.1) is 0 Å². The summed E-state index contributed by atoms with van der Waals surface area (Å²) in [5, 5.41) is 32.8. The van der Waals surface area contributed by atoms with Gasteiger partial charge in [0.2, 0.25) is 39.0 Å². The number of Topliss-reactive ketones (excluding diaryl/α,β-unsaturated/α-hetero) is 2. The predicted octanol–water partition coefficient (Wildman–Crippen LogP) is 16.0. The van der Waals surface area contributed by atoms with Gasteiger partial charge < -0.3 is 59.7 Å². The van der Waals surface area contributed by atoms with Crippen LogP contribution in [0.15, 0.2) is 208 Å². The van der Waals surface area contributed by atoms with E-state index in [1.807, 2.05) is 144 Å². The first-order chi connectivity index (χ1) is 57.2. The number of H-pyrrole nitrogens is 1. The minimum absolute atomic E-state index is 0. The number of hydrogen-bond acceptors (Lipinski definition) is 28. The minimum Gasteiger partial charge on any atom is -0.387 e. The number of nitrogens with zero attached hydrogens (tertiary/aromatic N) is 24. The number of fused-ring (bicyclic) bond motifs is 5. The number of nitrogen functional groups attached to an aromatic ring is 2. The Hall–Kier alpha value is -11.9. The van der Waals surface area contributed by atoms with Gasteiger partial charge in [0.15, 0.2) is 55.3 Å². The van der Waals surface area contributed by atoms with Gasteiger partial charge in [0.1, 0.15) is 39.0 Å². The van der Waals surface area contributed by atoms with Crippen LogP contribution in [-0.2, 0) is 30.9 Å². The molecule has 12 aromatic heterocycles. The fraction of sp³-hybridized carbons (Fsp3) is 0.198. The van der Waals surface area contributed by atoms with Crippen molar-refractivity contribution in [3.63, 3.8) is 0 Å². The van der Waals surface area contributed by atoms with Crippen molar-refractivity contribution in [1.82, 2.24) is 118 Å². The van der Waals surface area contributed by atoms with E-state index in [1.54, 1.807) is 69.6 Å².